The van der Waals surface area contributed by atoms with Crippen molar-refractivity contribution >= 4 is 46.5 Å². The highest BCUT2D eigenvalue weighted by Crippen LogP contribution is 2.68. The van der Waals surface area contributed by atoms with Crippen molar-refractivity contribution in [1.29, 1.82) is 0 Å². The molecule has 4 aliphatic rings. The van der Waals surface area contributed by atoms with E-state index in [9.17, 15) is 23.6 Å². The van der Waals surface area contributed by atoms with Crippen LogP contribution in [0.4, 0.5) is 10.1 Å². The Bertz CT molecular complexity index is 1490. The van der Waals surface area contributed by atoms with Gasteiger partial charge in [0.25, 0.3) is 0 Å². The van der Waals surface area contributed by atoms with Crippen LogP contribution in [0.3, 0.4) is 0 Å². The molecule has 3 amide bonds. The van der Waals surface area contributed by atoms with E-state index in [0.29, 0.717) is 5.69 Å². The van der Waals surface area contributed by atoms with Gasteiger partial charge in [0, 0.05) is 34.1 Å². The van der Waals surface area contributed by atoms with Gasteiger partial charge in [-0.3, -0.25) is 29.1 Å². The first-order valence-corrected chi connectivity index (χ1v) is 13.8. The number of carbonyl (C=O) groups is 3. The normalized spacial score (nSPS) is 31.3. The van der Waals surface area contributed by atoms with Gasteiger partial charge in [0.05, 0.1) is 16.9 Å². The summed E-state index contributed by atoms with van der Waals surface area (Å²) < 4.78 is 13.2. The van der Waals surface area contributed by atoms with E-state index in [1.807, 2.05) is 18.3 Å². The zero-order chi connectivity index (χ0) is 25.4. The molecule has 2 saturated carbocycles. The summed E-state index contributed by atoms with van der Waals surface area (Å²) in [6.07, 6.45) is 4.31. The maximum atomic E-state index is 13.6. The van der Waals surface area contributed by atoms with E-state index in [-0.39, 0.29) is 52.2 Å². The van der Waals surface area contributed by atoms with E-state index in [4.69, 9.17) is 0 Å². The molecule has 8 nitrogen and oxygen atoms in total. The highest BCUT2D eigenvalue weighted by atomic mass is 32.2. The number of carbonyl (C=O) groups excluding carboxylic acids is 3. The van der Waals surface area contributed by atoms with E-state index in [1.165, 1.54) is 35.6 Å². The maximum absolute atomic E-state index is 13.6. The number of nitrogens with one attached hydrogen (secondary N) is 2. The number of H-pyrrole nitrogens is 1. The lowest BCUT2D eigenvalue weighted by Gasteiger charge is -2.42. The Kier molecular flexibility index (Phi) is 5.16. The first-order chi connectivity index (χ1) is 17.9. The Labute approximate surface area is 218 Å². The van der Waals surface area contributed by atoms with Crippen LogP contribution in [0.5, 0.6) is 0 Å². The fourth-order valence-corrected chi connectivity index (χ4v) is 9.93. The van der Waals surface area contributed by atoms with Crippen LogP contribution in [0, 0.1) is 35.4 Å². The number of aromatic amines is 1. The third-order valence-electron chi connectivity index (χ3n) is 8.29. The van der Waals surface area contributed by atoms with Crippen molar-refractivity contribution in [2.45, 2.75) is 22.6 Å². The van der Waals surface area contributed by atoms with Crippen LogP contribution in [-0.2, 0) is 14.4 Å². The summed E-state index contributed by atoms with van der Waals surface area (Å²) in [5.41, 5.74) is 1.40. The standard InChI is InChI=1S/C26H21FN4O4S2/c27-12-3-5-13(6-4-12)29-16(32)10-31-24(33)19-14-8-15(20(19)25(31)34)21-18(14)17(11-2-1-7-28-9-11)22-23(36-21)30-26(35)37-22/h1-7,9,14-15,17-21H,8,10H2,(H,29,32)(H,30,35)/t14?,15?,17-,18?,19?,20?,21?/m1/s1. The predicted octanol–water partition coefficient (Wildman–Crippen LogP) is 3.08. The lowest BCUT2D eigenvalue weighted by Crippen LogP contribution is -2.42. The molecule has 188 valence electrons. The van der Waals surface area contributed by atoms with Gasteiger partial charge in [0.2, 0.25) is 17.7 Å². The number of likely N-dealkylation sites (tertiary alicyclic amines) is 1. The van der Waals surface area contributed by atoms with Crippen molar-refractivity contribution in [3.63, 3.8) is 0 Å². The lowest BCUT2D eigenvalue weighted by molar-refractivity contribution is -0.143. The van der Waals surface area contributed by atoms with E-state index >= 15 is 0 Å². The van der Waals surface area contributed by atoms with E-state index in [0.717, 1.165) is 26.8 Å². The topological polar surface area (TPSA) is 112 Å². The second-order valence-corrected chi connectivity index (χ2v) is 12.3. The van der Waals surface area contributed by atoms with Crippen molar-refractivity contribution in [3.8, 4) is 0 Å². The van der Waals surface area contributed by atoms with Crippen molar-refractivity contribution < 1.29 is 18.8 Å². The smallest absolute Gasteiger partial charge is 0.305 e. The van der Waals surface area contributed by atoms with E-state index in [2.05, 4.69) is 15.3 Å². The number of anilines is 1. The summed E-state index contributed by atoms with van der Waals surface area (Å²) in [6, 6.07) is 9.21. The number of pyridine rings is 1. The van der Waals surface area contributed by atoms with E-state index in [1.54, 1.807) is 18.0 Å². The number of rotatable bonds is 4. The highest BCUT2D eigenvalue weighted by molar-refractivity contribution is 8.00. The summed E-state index contributed by atoms with van der Waals surface area (Å²) >= 11 is 2.83. The van der Waals surface area contributed by atoms with Gasteiger partial charge >= 0.3 is 4.87 Å². The Morgan fingerprint density at radius 1 is 1.11 bits per heavy atom. The number of fused-ring (bicyclic) bond motifs is 9. The maximum Gasteiger partial charge on any atom is 0.305 e. The number of hydrogen-bond donors (Lipinski definition) is 2. The number of thioether (sulfide) groups is 1. The molecule has 2 aromatic heterocycles. The third kappa shape index (κ3) is 3.43. The van der Waals surface area contributed by atoms with Crippen LogP contribution in [-0.4, -0.2) is 44.4 Å². The molecule has 11 heteroatoms. The molecule has 3 fully saturated rings. The number of amides is 3. The van der Waals surface area contributed by atoms with Crippen LogP contribution < -0.4 is 10.2 Å². The third-order valence-corrected chi connectivity index (χ3v) is 10.9. The van der Waals surface area contributed by atoms with Crippen LogP contribution in [0.15, 0.2) is 58.6 Å². The fraction of sp³-hybridized carbons (Fsp3) is 0.346. The average Bonchev–Trinajstić information content (AvgIpc) is 3.62. The van der Waals surface area contributed by atoms with Crippen molar-refractivity contribution in [2.24, 2.45) is 29.6 Å². The minimum Gasteiger partial charge on any atom is -0.325 e. The molecule has 2 aliphatic carbocycles. The number of imide groups is 1. The summed E-state index contributed by atoms with van der Waals surface area (Å²) in [6.45, 7) is -0.364. The Balaban J connectivity index is 1.18. The van der Waals surface area contributed by atoms with Gasteiger partial charge in [-0.05, 0) is 60.1 Å². The van der Waals surface area contributed by atoms with Crippen molar-refractivity contribution in [2.75, 3.05) is 11.9 Å². The quantitative estimate of drug-likeness (QED) is 0.496. The number of aromatic nitrogens is 2. The molecule has 2 N–H and O–H groups in total. The molecule has 2 aliphatic heterocycles. The molecule has 7 atom stereocenters. The zero-order valence-electron chi connectivity index (χ0n) is 19.3. The molecule has 37 heavy (non-hydrogen) atoms. The molecule has 0 radical (unpaired) electrons. The van der Waals surface area contributed by atoms with Crippen LogP contribution in [0.1, 0.15) is 22.8 Å². The molecular formula is C26H21FN4O4S2. The van der Waals surface area contributed by atoms with Gasteiger partial charge in [-0.15, -0.1) is 11.8 Å². The molecule has 0 spiro atoms. The van der Waals surface area contributed by atoms with Crippen molar-refractivity contribution in [1.82, 2.24) is 14.9 Å². The van der Waals surface area contributed by atoms with Crippen molar-refractivity contribution in [3.05, 3.63) is 74.7 Å². The second kappa shape index (κ2) is 8.35. The van der Waals surface area contributed by atoms with Crippen LogP contribution in [0.25, 0.3) is 0 Å². The van der Waals surface area contributed by atoms with Gasteiger partial charge in [0.1, 0.15) is 12.4 Å². The lowest BCUT2D eigenvalue weighted by atomic mass is 9.68. The zero-order valence-corrected chi connectivity index (χ0v) is 20.9. The summed E-state index contributed by atoms with van der Waals surface area (Å²) in [5, 5.41) is 3.57. The Morgan fingerprint density at radius 2 is 1.86 bits per heavy atom. The van der Waals surface area contributed by atoms with Crippen LogP contribution >= 0.6 is 23.1 Å². The minimum atomic E-state index is -0.500. The molecule has 2 bridgehead atoms. The molecule has 1 saturated heterocycles. The summed E-state index contributed by atoms with van der Waals surface area (Å²) in [4.78, 5) is 61.3. The van der Waals surface area contributed by atoms with Gasteiger partial charge in [0.15, 0.2) is 0 Å². The predicted molar refractivity (Wildman–Crippen MR) is 134 cm³/mol. The number of hydrogen-bond acceptors (Lipinski definition) is 7. The monoisotopic (exact) mass is 536 g/mol. The molecule has 3 aromatic rings. The molecule has 4 heterocycles. The van der Waals surface area contributed by atoms with Gasteiger partial charge in [-0.1, -0.05) is 17.4 Å². The van der Waals surface area contributed by atoms with Gasteiger partial charge in [-0.25, -0.2) is 4.39 Å². The largest absolute Gasteiger partial charge is 0.325 e. The molecule has 6 unspecified atom stereocenters. The highest BCUT2D eigenvalue weighted by Gasteiger charge is 2.69. The van der Waals surface area contributed by atoms with Crippen LogP contribution in [0.2, 0.25) is 0 Å². The van der Waals surface area contributed by atoms with Gasteiger partial charge in [-0.2, -0.15) is 0 Å². The molecule has 7 rings (SSSR count). The number of nitrogens with zero attached hydrogens (tertiary/aromatic N) is 2. The number of halogens is 1. The number of thiazole rings is 1. The summed E-state index contributed by atoms with van der Waals surface area (Å²) in [5.74, 6) is -2.45. The average molecular weight is 537 g/mol. The SMILES string of the molecule is O=C(CN1C(=O)C2C3CC(C2C1=O)C1C3Sc2[nH]c(=O)sc2[C@@H]1c1cccnc1)Nc1ccc(F)cc1. The Morgan fingerprint density at radius 3 is 2.59 bits per heavy atom. The molecule has 1 aromatic carbocycles. The van der Waals surface area contributed by atoms with E-state index < -0.39 is 23.6 Å². The number of benzene rings is 1. The van der Waals surface area contributed by atoms with Gasteiger partial charge < -0.3 is 10.3 Å². The first-order valence-electron chi connectivity index (χ1n) is 12.1. The molecular weight excluding hydrogens is 515 g/mol. The fourth-order valence-electron chi connectivity index (χ4n) is 7.04. The Hall–Kier alpha value is -3.31. The minimum absolute atomic E-state index is 0.0117. The second-order valence-electron chi connectivity index (χ2n) is 10.1. The first kappa shape index (κ1) is 22.9. The summed E-state index contributed by atoms with van der Waals surface area (Å²) in [7, 11) is 0.